The molecule has 26 heavy (non-hydrogen) atoms. The predicted octanol–water partition coefficient (Wildman–Crippen LogP) is 4.81. The molecule has 0 aliphatic heterocycles. The molecular formula is C23H23NO2. The average molecular weight is 345 g/mol. The molecule has 0 atom stereocenters. The molecule has 1 heterocycles. The molecule has 0 spiro atoms. The number of rotatable bonds is 4. The van der Waals surface area contributed by atoms with E-state index in [0.29, 0.717) is 6.61 Å². The van der Waals surface area contributed by atoms with Crippen LogP contribution in [0.15, 0.2) is 59.4 Å². The lowest BCUT2D eigenvalue weighted by Crippen LogP contribution is -2.21. The van der Waals surface area contributed by atoms with E-state index in [1.165, 1.54) is 0 Å². The molecule has 3 heteroatoms. The van der Waals surface area contributed by atoms with Crippen molar-refractivity contribution in [2.45, 2.75) is 39.2 Å². The van der Waals surface area contributed by atoms with Gasteiger partial charge in [-0.25, -0.2) is 0 Å². The molecule has 1 aliphatic rings. The lowest BCUT2D eigenvalue weighted by molar-refractivity contribution is 0.306. The average Bonchev–Trinajstić information content (AvgIpc) is 2.68. The van der Waals surface area contributed by atoms with Gasteiger partial charge in [0, 0.05) is 22.5 Å². The molecule has 0 bridgehead atoms. The van der Waals surface area contributed by atoms with Crippen molar-refractivity contribution in [3.63, 3.8) is 0 Å². The van der Waals surface area contributed by atoms with Gasteiger partial charge in [-0.05, 0) is 55.9 Å². The Balaban J connectivity index is 1.58. The van der Waals surface area contributed by atoms with Crippen LogP contribution in [0, 0.1) is 6.92 Å². The molecule has 132 valence electrons. The summed E-state index contributed by atoms with van der Waals surface area (Å²) >= 11 is 0. The fraction of sp³-hybridized carbons (Fsp3) is 0.261. The number of fused-ring (bicyclic) bond motifs is 1. The van der Waals surface area contributed by atoms with Gasteiger partial charge in [0.2, 0.25) is 0 Å². The molecule has 1 aromatic heterocycles. The van der Waals surface area contributed by atoms with Gasteiger partial charge in [-0.2, -0.15) is 0 Å². The molecule has 3 aromatic rings. The van der Waals surface area contributed by atoms with E-state index in [0.717, 1.165) is 65.1 Å². The van der Waals surface area contributed by atoms with Crippen LogP contribution in [0.25, 0.3) is 11.1 Å². The minimum absolute atomic E-state index is 0.189. The number of benzene rings is 2. The third-order valence-electron chi connectivity index (χ3n) is 5.07. The molecule has 1 N–H and O–H groups in total. The van der Waals surface area contributed by atoms with Crippen molar-refractivity contribution < 1.29 is 4.74 Å². The Labute approximate surface area is 153 Å². The van der Waals surface area contributed by atoms with Gasteiger partial charge in [-0.1, -0.05) is 42.5 Å². The zero-order valence-electron chi connectivity index (χ0n) is 15.0. The van der Waals surface area contributed by atoms with Gasteiger partial charge >= 0.3 is 0 Å². The van der Waals surface area contributed by atoms with Gasteiger partial charge in [-0.3, -0.25) is 4.79 Å². The van der Waals surface area contributed by atoms with Crippen LogP contribution in [-0.2, 0) is 19.4 Å². The van der Waals surface area contributed by atoms with Crippen LogP contribution in [0.5, 0.6) is 5.75 Å². The van der Waals surface area contributed by atoms with Crippen molar-refractivity contribution in [3.8, 4) is 16.9 Å². The summed E-state index contributed by atoms with van der Waals surface area (Å²) in [6.07, 6.45) is 4.13. The van der Waals surface area contributed by atoms with E-state index < -0.39 is 0 Å². The molecule has 0 amide bonds. The molecule has 0 fully saturated rings. The first-order chi connectivity index (χ1) is 12.7. The van der Waals surface area contributed by atoms with Crippen LogP contribution >= 0.6 is 0 Å². The second-order valence-electron chi connectivity index (χ2n) is 6.92. The summed E-state index contributed by atoms with van der Waals surface area (Å²) in [4.78, 5) is 16.4. The monoisotopic (exact) mass is 345 g/mol. The number of aromatic nitrogens is 1. The standard InChI is InChI=1S/C23H23NO2/c1-16-22(23(25)20-9-5-6-10-21(20)24-16)18-11-13-19(14-12-18)26-15-17-7-3-2-4-8-17/h2-4,7-8,11-14H,5-6,9-10,15H2,1H3,(H,24,25). The second kappa shape index (κ2) is 7.20. The van der Waals surface area contributed by atoms with Crippen molar-refractivity contribution in [2.24, 2.45) is 0 Å². The molecule has 4 rings (SSSR count). The van der Waals surface area contributed by atoms with Gasteiger partial charge in [0.1, 0.15) is 12.4 Å². The van der Waals surface area contributed by atoms with E-state index in [4.69, 9.17) is 4.74 Å². The minimum atomic E-state index is 0.189. The Morgan fingerprint density at radius 3 is 2.46 bits per heavy atom. The highest BCUT2D eigenvalue weighted by Crippen LogP contribution is 2.26. The fourth-order valence-electron chi connectivity index (χ4n) is 3.71. The number of hydrogen-bond acceptors (Lipinski definition) is 2. The van der Waals surface area contributed by atoms with Crippen molar-refractivity contribution in [3.05, 3.63) is 87.3 Å². The zero-order chi connectivity index (χ0) is 17.9. The third-order valence-corrected chi connectivity index (χ3v) is 5.07. The van der Waals surface area contributed by atoms with Crippen LogP contribution in [0.4, 0.5) is 0 Å². The molecule has 2 aromatic carbocycles. The molecule has 0 saturated heterocycles. The summed E-state index contributed by atoms with van der Waals surface area (Å²) in [6.45, 7) is 2.53. The highest BCUT2D eigenvalue weighted by atomic mass is 16.5. The van der Waals surface area contributed by atoms with Gasteiger partial charge in [0.25, 0.3) is 0 Å². The molecule has 0 saturated carbocycles. The molecule has 0 radical (unpaired) electrons. The van der Waals surface area contributed by atoms with E-state index in [1.54, 1.807) is 0 Å². The summed E-state index contributed by atoms with van der Waals surface area (Å²) < 4.78 is 5.85. The topological polar surface area (TPSA) is 42.1 Å². The number of pyridine rings is 1. The first-order valence-electron chi connectivity index (χ1n) is 9.24. The highest BCUT2D eigenvalue weighted by molar-refractivity contribution is 5.67. The van der Waals surface area contributed by atoms with E-state index in [-0.39, 0.29) is 5.43 Å². The fourth-order valence-corrected chi connectivity index (χ4v) is 3.71. The van der Waals surface area contributed by atoms with E-state index in [1.807, 2.05) is 61.5 Å². The Bertz CT molecular complexity index is 956. The number of ether oxygens (including phenoxy) is 1. The summed E-state index contributed by atoms with van der Waals surface area (Å²) in [5.74, 6) is 0.810. The van der Waals surface area contributed by atoms with Crippen molar-refractivity contribution in [1.82, 2.24) is 4.98 Å². The zero-order valence-corrected chi connectivity index (χ0v) is 15.0. The Kier molecular flexibility index (Phi) is 4.61. The Hall–Kier alpha value is -2.81. The first-order valence-corrected chi connectivity index (χ1v) is 9.24. The maximum absolute atomic E-state index is 13.0. The molecule has 0 unspecified atom stereocenters. The highest BCUT2D eigenvalue weighted by Gasteiger charge is 2.18. The van der Waals surface area contributed by atoms with E-state index >= 15 is 0 Å². The lowest BCUT2D eigenvalue weighted by atomic mass is 9.91. The molecular weight excluding hydrogens is 322 g/mol. The van der Waals surface area contributed by atoms with Gasteiger partial charge < -0.3 is 9.72 Å². The van der Waals surface area contributed by atoms with Gasteiger partial charge in [0.15, 0.2) is 5.43 Å². The number of aryl methyl sites for hydroxylation is 2. The maximum atomic E-state index is 13.0. The van der Waals surface area contributed by atoms with Crippen LogP contribution in [-0.4, -0.2) is 4.98 Å². The Morgan fingerprint density at radius 2 is 1.69 bits per heavy atom. The van der Waals surface area contributed by atoms with E-state index in [2.05, 4.69) is 4.98 Å². The lowest BCUT2D eigenvalue weighted by Gasteiger charge is -2.18. The van der Waals surface area contributed by atoms with Crippen molar-refractivity contribution >= 4 is 0 Å². The summed E-state index contributed by atoms with van der Waals surface area (Å²) in [6, 6.07) is 17.9. The third kappa shape index (κ3) is 3.30. The Morgan fingerprint density at radius 1 is 0.962 bits per heavy atom. The van der Waals surface area contributed by atoms with Crippen LogP contribution in [0.1, 0.15) is 35.4 Å². The predicted molar refractivity (Wildman–Crippen MR) is 105 cm³/mol. The smallest absolute Gasteiger partial charge is 0.193 e. The number of H-pyrrole nitrogens is 1. The van der Waals surface area contributed by atoms with Gasteiger partial charge in [-0.15, -0.1) is 0 Å². The number of hydrogen-bond donors (Lipinski definition) is 1. The van der Waals surface area contributed by atoms with Crippen molar-refractivity contribution in [2.75, 3.05) is 0 Å². The van der Waals surface area contributed by atoms with Gasteiger partial charge in [0.05, 0.1) is 0 Å². The summed E-state index contributed by atoms with van der Waals surface area (Å²) in [5.41, 5.74) is 6.12. The first kappa shape index (κ1) is 16.6. The second-order valence-corrected chi connectivity index (χ2v) is 6.92. The van der Waals surface area contributed by atoms with Crippen LogP contribution in [0.3, 0.4) is 0 Å². The number of nitrogens with one attached hydrogen (secondary N) is 1. The van der Waals surface area contributed by atoms with Crippen LogP contribution in [0.2, 0.25) is 0 Å². The SMILES string of the molecule is Cc1[nH]c2c(c(=O)c1-c1ccc(OCc3ccccc3)cc1)CCCC2. The molecule has 1 aliphatic carbocycles. The quantitative estimate of drug-likeness (QED) is 0.737. The minimum Gasteiger partial charge on any atom is -0.489 e. The van der Waals surface area contributed by atoms with Crippen molar-refractivity contribution in [1.29, 1.82) is 0 Å². The molecule has 3 nitrogen and oxygen atoms in total. The maximum Gasteiger partial charge on any atom is 0.193 e. The summed E-state index contributed by atoms with van der Waals surface area (Å²) in [5, 5.41) is 0. The summed E-state index contributed by atoms with van der Waals surface area (Å²) in [7, 11) is 0. The van der Waals surface area contributed by atoms with E-state index in [9.17, 15) is 4.79 Å². The normalized spacial score (nSPS) is 13.3. The van der Waals surface area contributed by atoms with Crippen LogP contribution < -0.4 is 10.2 Å². The largest absolute Gasteiger partial charge is 0.489 e. The number of aromatic amines is 1.